The van der Waals surface area contributed by atoms with Crippen molar-refractivity contribution in [2.45, 2.75) is 38.1 Å². The maximum Gasteiger partial charge on any atom is 0.252 e. The van der Waals surface area contributed by atoms with Gasteiger partial charge in [0.15, 0.2) is 17.5 Å². The normalized spacial score (nSPS) is 14.4. The smallest absolute Gasteiger partial charge is 0.252 e. The summed E-state index contributed by atoms with van der Waals surface area (Å²) in [5, 5.41) is 8.20. The molecule has 1 aliphatic carbocycles. The van der Waals surface area contributed by atoms with Crippen molar-refractivity contribution in [1.29, 1.82) is 0 Å². The lowest BCUT2D eigenvalue weighted by Gasteiger charge is -2.21. The summed E-state index contributed by atoms with van der Waals surface area (Å²) in [6.45, 7) is 0. The molecule has 1 aromatic carbocycles. The number of amides is 2. The number of benzene rings is 1. The van der Waals surface area contributed by atoms with Gasteiger partial charge in [0.05, 0.1) is 11.9 Å². The molecule has 1 atom stereocenters. The number of halogens is 2. The van der Waals surface area contributed by atoms with Gasteiger partial charge in [0.25, 0.3) is 5.91 Å². The van der Waals surface area contributed by atoms with Gasteiger partial charge < -0.3 is 16.0 Å². The Bertz CT molecular complexity index is 1170. The minimum Gasteiger partial charge on any atom is -0.353 e. The zero-order valence-corrected chi connectivity index (χ0v) is 18.4. The van der Waals surface area contributed by atoms with E-state index in [4.69, 9.17) is 0 Å². The molecule has 3 aromatic rings. The molecule has 4 rings (SSSR count). The Hall–Kier alpha value is -3.88. The van der Waals surface area contributed by atoms with Crippen molar-refractivity contribution in [2.24, 2.45) is 5.92 Å². The van der Waals surface area contributed by atoms with Crippen molar-refractivity contribution >= 4 is 29.0 Å². The third-order valence-electron chi connectivity index (χ3n) is 5.84. The molecule has 2 aromatic heterocycles. The first-order valence-electron chi connectivity index (χ1n) is 11.2. The molecule has 7 nitrogen and oxygen atoms in total. The van der Waals surface area contributed by atoms with E-state index in [-0.39, 0.29) is 11.5 Å². The summed E-state index contributed by atoms with van der Waals surface area (Å²) in [4.78, 5) is 33.6. The van der Waals surface area contributed by atoms with E-state index >= 15 is 0 Å². The van der Waals surface area contributed by atoms with Crippen molar-refractivity contribution in [3.63, 3.8) is 0 Å². The molecule has 0 radical (unpaired) electrons. The summed E-state index contributed by atoms with van der Waals surface area (Å²) in [5.74, 6) is -2.03. The van der Waals surface area contributed by atoms with Gasteiger partial charge in [-0.1, -0.05) is 31.7 Å². The number of nitrogens with one attached hydrogen (secondary N) is 3. The zero-order chi connectivity index (χ0) is 23.9. The monoisotopic (exact) mass is 465 g/mol. The van der Waals surface area contributed by atoms with Gasteiger partial charge in [-0.25, -0.2) is 13.8 Å². The Morgan fingerprint density at radius 3 is 2.62 bits per heavy atom. The van der Waals surface area contributed by atoms with Gasteiger partial charge in [-0.3, -0.25) is 14.6 Å². The maximum atomic E-state index is 14.0. The average molecular weight is 466 g/mol. The summed E-state index contributed by atoms with van der Waals surface area (Å²) in [7, 11) is 0. The quantitative estimate of drug-likeness (QED) is 0.444. The predicted molar refractivity (Wildman–Crippen MR) is 125 cm³/mol. The Morgan fingerprint density at radius 1 is 1.03 bits per heavy atom. The number of aromatic nitrogens is 2. The molecule has 1 aliphatic rings. The third kappa shape index (κ3) is 5.92. The molecule has 2 amide bonds. The Balaban J connectivity index is 1.49. The summed E-state index contributed by atoms with van der Waals surface area (Å²) < 4.78 is 27.9. The van der Waals surface area contributed by atoms with Crippen molar-refractivity contribution in [3.8, 4) is 0 Å². The fourth-order valence-electron chi connectivity index (χ4n) is 4.10. The van der Waals surface area contributed by atoms with Crippen LogP contribution < -0.4 is 16.0 Å². The number of anilines is 3. The van der Waals surface area contributed by atoms with Gasteiger partial charge in [-0.15, -0.1) is 0 Å². The summed E-state index contributed by atoms with van der Waals surface area (Å²) in [5.41, 5.74) is 1.03. The number of hydrogen-bond acceptors (Lipinski definition) is 5. The van der Waals surface area contributed by atoms with E-state index in [1.54, 1.807) is 24.3 Å². The van der Waals surface area contributed by atoms with Gasteiger partial charge in [-0.2, -0.15) is 0 Å². The van der Waals surface area contributed by atoms with Crippen molar-refractivity contribution in [2.75, 3.05) is 10.6 Å². The van der Waals surface area contributed by atoms with Gasteiger partial charge in [0.2, 0.25) is 5.91 Å². The Morgan fingerprint density at radius 2 is 1.85 bits per heavy atom. The molecule has 176 valence electrons. The number of pyridine rings is 2. The molecule has 9 heteroatoms. The molecular formula is C25H25F2N5O2. The minimum absolute atomic E-state index is 0.177. The average Bonchev–Trinajstić information content (AvgIpc) is 3.35. The molecule has 0 spiro atoms. The molecule has 2 heterocycles. The summed E-state index contributed by atoms with van der Waals surface area (Å²) in [6, 6.07) is 9.80. The SMILES string of the molecule is O=C(N[C@H](CC1CCCC1)C(=O)Nc1ncccc1F)c1cccc(Nc2ccncc2F)c1. The number of hydrogen-bond donors (Lipinski definition) is 3. The van der Waals surface area contributed by atoms with Crippen LogP contribution in [0.4, 0.5) is 26.0 Å². The maximum absolute atomic E-state index is 14.0. The Kier molecular flexibility index (Phi) is 7.41. The van der Waals surface area contributed by atoms with Gasteiger partial charge in [0, 0.05) is 23.6 Å². The number of rotatable bonds is 8. The van der Waals surface area contributed by atoms with Crippen LogP contribution in [-0.2, 0) is 4.79 Å². The lowest BCUT2D eigenvalue weighted by atomic mass is 9.97. The van der Waals surface area contributed by atoms with E-state index in [9.17, 15) is 18.4 Å². The highest BCUT2D eigenvalue weighted by Gasteiger charge is 2.28. The van der Waals surface area contributed by atoms with E-state index in [2.05, 4.69) is 25.9 Å². The van der Waals surface area contributed by atoms with Crippen LogP contribution in [-0.4, -0.2) is 27.8 Å². The molecule has 0 aliphatic heterocycles. The molecular weight excluding hydrogens is 440 g/mol. The highest BCUT2D eigenvalue weighted by molar-refractivity contribution is 6.01. The van der Waals surface area contributed by atoms with E-state index in [1.807, 2.05) is 0 Å². The van der Waals surface area contributed by atoms with Crippen LogP contribution in [0.3, 0.4) is 0 Å². The van der Waals surface area contributed by atoms with Crippen molar-refractivity contribution < 1.29 is 18.4 Å². The van der Waals surface area contributed by atoms with Crippen LogP contribution in [0.25, 0.3) is 0 Å². The van der Waals surface area contributed by atoms with E-state index < -0.39 is 29.5 Å². The molecule has 1 saturated carbocycles. The Labute approximate surface area is 196 Å². The predicted octanol–water partition coefficient (Wildman–Crippen LogP) is 4.82. The molecule has 34 heavy (non-hydrogen) atoms. The molecule has 0 bridgehead atoms. The fourth-order valence-corrected chi connectivity index (χ4v) is 4.10. The van der Waals surface area contributed by atoms with Crippen LogP contribution in [0.5, 0.6) is 0 Å². The summed E-state index contributed by atoms with van der Waals surface area (Å²) >= 11 is 0. The lowest BCUT2D eigenvalue weighted by molar-refractivity contribution is -0.118. The second kappa shape index (κ2) is 10.8. The van der Waals surface area contributed by atoms with Crippen LogP contribution in [0.1, 0.15) is 42.5 Å². The fraction of sp³-hybridized carbons (Fsp3) is 0.280. The van der Waals surface area contributed by atoms with Crippen LogP contribution in [0.2, 0.25) is 0 Å². The van der Waals surface area contributed by atoms with E-state index in [0.29, 0.717) is 23.6 Å². The molecule has 1 fully saturated rings. The minimum atomic E-state index is -0.855. The second-order valence-corrected chi connectivity index (χ2v) is 8.30. The number of carbonyl (C=O) groups excluding carboxylic acids is 2. The first kappa shape index (κ1) is 23.3. The van der Waals surface area contributed by atoms with Crippen molar-refractivity contribution in [3.05, 3.63) is 78.3 Å². The zero-order valence-electron chi connectivity index (χ0n) is 18.4. The topological polar surface area (TPSA) is 96.0 Å². The van der Waals surface area contributed by atoms with Crippen molar-refractivity contribution in [1.82, 2.24) is 15.3 Å². The first-order valence-corrected chi connectivity index (χ1v) is 11.2. The van der Waals surface area contributed by atoms with Crippen LogP contribution in [0.15, 0.2) is 61.1 Å². The van der Waals surface area contributed by atoms with E-state index in [0.717, 1.165) is 31.9 Å². The molecule has 0 saturated heterocycles. The standard InChI is InChI=1S/C25H25F2N5O2/c26-19-9-4-11-29-23(19)32-25(34)22(13-16-5-1-2-6-16)31-24(33)17-7-3-8-18(14-17)30-21-10-12-28-15-20(21)27/h3-4,7-12,14-16,22H,1-2,5-6,13H2,(H,28,30)(H,31,33)(H,29,32,34)/t22-/m1/s1. The third-order valence-corrected chi connectivity index (χ3v) is 5.84. The molecule has 0 unspecified atom stereocenters. The van der Waals surface area contributed by atoms with Crippen LogP contribution in [0, 0.1) is 17.6 Å². The van der Waals surface area contributed by atoms with Gasteiger partial charge in [-0.05, 0) is 48.7 Å². The molecule has 3 N–H and O–H groups in total. The van der Waals surface area contributed by atoms with Gasteiger partial charge >= 0.3 is 0 Å². The first-order chi connectivity index (χ1) is 16.5. The second-order valence-electron chi connectivity index (χ2n) is 8.30. The van der Waals surface area contributed by atoms with E-state index in [1.165, 1.54) is 30.6 Å². The van der Waals surface area contributed by atoms with Crippen LogP contribution >= 0.6 is 0 Å². The highest BCUT2D eigenvalue weighted by atomic mass is 19.1. The number of carbonyl (C=O) groups is 2. The summed E-state index contributed by atoms with van der Waals surface area (Å²) in [6.07, 6.45) is 8.51. The largest absolute Gasteiger partial charge is 0.353 e. The van der Waals surface area contributed by atoms with Gasteiger partial charge in [0.1, 0.15) is 6.04 Å². The highest BCUT2D eigenvalue weighted by Crippen LogP contribution is 2.29. The number of nitrogens with zero attached hydrogens (tertiary/aromatic N) is 2. The lowest BCUT2D eigenvalue weighted by Crippen LogP contribution is -2.45.